The highest BCUT2D eigenvalue weighted by Crippen LogP contribution is 2.49. The Kier molecular flexibility index (Phi) is 6.46. The molecule has 0 aromatic carbocycles. The monoisotopic (exact) mass is 286 g/mol. The van der Waals surface area contributed by atoms with Crippen LogP contribution in [0.4, 0.5) is 0 Å². The van der Waals surface area contributed by atoms with E-state index >= 15 is 0 Å². The number of unbranched alkanes of at least 4 members (excludes halogenated alkanes) is 2. The topological polar surface area (TPSA) is 72.8 Å². The molecule has 2 atom stereocenters. The van der Waals surface area contributed by atoms with Gasteiger partial charge in [-0.25, -0.2) is 0 Å². The van der Waals surface area contributed by atoms with E-state index in [2.05, 4.69) is 6.92 Å². The molecule has 5 nitrogen and oxygen atoms in total. The Balaban J connectivity index is 2.87. The van der Waals surface area contributed by atoms with Crippen molar-refractivity contribution < 1.29 is 24.2 Å². The molecule has 0 aliphatic heterocycles. The average Bonchev–Trinajstić information content (AvgIpc) is 2.86. The van der Waals surface area contributed by atoms with E-state index in [-0.39, 0.29) is 18.4 Å². The zero-order valence-corrected chi connectivity index (χ0v) is 12.7. The fourth-order valence-electron chi connectivity index (χ4n) is 3.33. The number of aliphatic hydroxyl groups excluding tert-OH is 1. The van der Waals surface area contributed by atoms with Crippen LogP contribution in [0.5, 0.6) is 0 Å². The number of carbonyl (C=O) groups excluding carboxylic acids is 2. The van der Waals surface area contributed by atoms with Crippen molar-refractivity contribution in [3.05, 3.63) is 0 Å². The molecule has 0 radical (unpaired) electrons. The predicted octanol–water partition coefficient (Wildman–Crippen LogP) is 1.92. The molecule has 0 aromatic rings. The normalized spacial score (nSPS) is 24.4. The number of hydrogen-bond donors (Lipinski definition) is 1. The average molecular weight is 286 g/mol. The van der Waals surface area contributed by atoms with Gasteiger partial charge in [-0.05, 0) is 24.7 Å². The minimum atomic E-state index is -1.23. The first kappa shape index (κ1) is 17.0. The summed E-state index contributed by atoms with van der Waals surface area (Å²) in [5, 5.41) is 9.53. The van der Waals surface area contributed by atoms with Gasteiger partial charge in [-0.3, -0.25) is 9.59 Å². The third kappa shape index (κ3) is 3.32. The lowest BCUT2D eigenvalue weighted by molar-refractivity contribution is -0.169. The van der Waals surface area contributed by atoms with Crippen LogP contribution in [0.3, 0.4) is 0 Å². The summed E-state index contributed by atoms with van der Waals surface area (Å²) in [5.74, 6) is -0.948. The summed E-state index contributed by atoms with van der Waals surface area (Å²) >= 11 is 0. The van der Waals surface area contributed by atoms with E-state index in [1.165, 1.54) is 14.2 Å². The lowest BCUT2D eigenvalue weighted by Crippen LogP contribution is -2.39. The van der Waals surface area contributed by atoms with Gasteiger partial charge < -0.3 is 14.6 Å². The molecule has 5 heteroatoms. The molecule has 0 amide bonds. The summed E-state index contributed by atoms with van der Waals surface area (Å²) in [7, 11) is 2.57. The summed E-state index contributed by atoms with van der Waals surface area (Å²) in [4.78, 5) is 24.1. The lowest BCUT2D eigenvalue weighted by atomic mass is 9.84. The van der Waals surface area contributed by atoms with Crippen molar-refractivity contribution in [3.8, 4) is 0 Å². The molecular formula is C15H26O5. The lowest BCUT2D eigenvalue weighted by Gasteiger charge is -2.23. The number of methoxy groups -OCH3 is 2. The maximum Gasteiger partial charge on any atom is 0.323 e. The highest BCUT2D eigenvalue weighted by atomic mass is 16.5. The van der Waals surface area contributed by atoms with Gasteiger partial charge in [0.2, 0.25) is 0 Å². The Hall–Kier alpha value is -1.10. The zero-order chi connectivity index (χ0) is 15.2. The fourth-order valence-corrected chi connectivity index (χ4v) is 3.33. The van der Waals surface area contributed by atoms with E-state index in [9.17, 15) is 14.7 Å². The number of esters is 2. The SMILES string of the molecule is CCCCC[C@H]1CC(C(=O)OC)(C(=O)OC)C[C@@H]1CO. The van der Waals surface area contributed by atoms with Crippen LogP contribution in [0.25, 0.3) is 0 Å². The first-order chi connectivity index (χ1) is 9.55. The number of carbonyl (C=O) groups is 2. The Morgan fingerprint density at radius 1 is 1.10 bits per heavy atom. The van der Waals surface area contributed by atoms with E-state index in [0.717, 1.165) is 25.7 Å². The zero-order valence-electron chi connectivity index (χ0n) is 12.7. The van der Waals surface area contributed by atoms with E-state index in [1.54, 1.807) is 0 Å². The van der Waals surface area contributed by atoms with Crippen LogP contribution >= 0.6 is 0 Å². The van der Waals surface area contributed by atoms with Crippen molar-refractivity contribution in [2.75, 3.05) is 20.8 Å². The smallest absolute Gasteiger partial charge is 0.323 e. The fraction of sp³-hybridized carbons (Fsp3) is 0.867. The number of rotatable bonds is 7. The van der Waals surface area contributed by atoms with Gasteiger partial charge in [-0.15, -0.1) is 0 Å². The molecule has 1 saturated carbocycles. The number of aliphatic hydroxyl groups is 1. The molecule has 1 rings (SSSR count). The van der Waals surface area contributed by atoms with Crippen LogP contribution in [-0.4, -0.2) is 37.9 Å². The molecule has 1 aliphatic rings. The summed E-state index contributed by atoms with van der Waals surface area (Å²) in [5.41, 5.74) is -1.23. The molecule has 20 heavy (non-hydrogen) atoms. The standard InChI is InChI=1S/C15H26O5/c1-4-5-6-7-11-8-15(13(17)19-2,14(18)20-3)9-12(11)10-16/h11-12,16H,4-10H2,1-3H3/t11-,12+/m0/s1. The first-order valence-corrected chi connectivity index (χ1v) is 7.33. The van der Waals surface area contributed by atoms with Gasteiger partial charge in [0.1, 0.15) is 0 Å². The van der Waals surface area contributed by atoms with Crippen LogP contribution < -0.4 is 0 Å². The van der Waals surface area contributed by atoms with Crippen molar-refractivity contribution in [2.45, 2.75) is 45.4 Å². The maximum absolute atomic E-state index is 12.1. The van der Waals surface area contributed by atoms with E-state index in [0.29, 0.717) is 12.8 Å². The first-order valence-electron chi connectivity index (χ1n) is 7.33. The van der Waals surface area contributed by atoms with Gasteiger partial charge in [0.05, 0.1) is 14.2 Å². The van der Waals surface area contributed by atoms with Crippen LogP contribution in [0, 0.1) is 17.3 Å². The van der Waals surface area contributed by atoms with Gasteiger partial charge >= 0.3 is 11.9 Å². The highest BCUT2D eigenvalue weighted by molar-refractivity contribution is 6.00. The molecule has 1 aliphatic carbocycles. The van der Waals surface area contributed by atoms with Gasteiger partial charge in [0, 0.05) is 6.61 Å². The Labute approximate surface area is 120 Å². The molecular weight excluding hydrogens is 260 g/mol. The predicted molar refractivity (Wildman–Crippen MR) is 73.9 cm³/mol. The summed E-state index contributed by atoms with van der Waals surface area (Å²) in [6, 6.07) is 0. The minimum Gasteiger partial charge on any atom is -0.468 e. The summed E-state index contributed by atoms with van der Waals surface area (Å²) in [6.45, 7) is 2.12. The van der Waals surface area contributed by atoms with Gasteiger partial charge in [-0.1, -0.05) is 32.6 Å². The number of hydrogen-bond acceptors (Lipinski definition) is 5. The van der Waals surface area contributed by atoms with E-state index in [1.807, 2.05) is 0 Å². The summed E-state index contributed by atoms with van der Waals surface area (Å²) < 4.78 is 9.61. The molecule has 0 spiro atoms. The van der Waals surface area contributed by atoms with Crippen molar-refractivity contribution in [1.29, 1.82) is 0 Å². The van der Waals surface area contributed by atoms with Crippen molar-refractivity contribution in [3.63, 3.8) is 0 Å². The number of ether oxygens (including phenoxy) is 2. The molecule has 0 unspecified atom stereocenters. The third-order valence-electron chi connectivity index (χ3n) is 4.45. The Morgan fingerprint density at radius 2 is 1.65 bits per heavy atom. The molecule has 116 valence electrons. The molecule has 0 aromatic heterocycles. The largest absolute Gasteiger partial charge is 0.468 e. The second-order valence-electron chi connectivity index (χ2n) is 5.67. The highest BCUT2D eigenvalue weighted by Gasteiger charge is 2.56. The molecule has 1 N–H and O–H groups in total. The van der Waals surface area contributed by atoms with E-state index < -0.39 is 17.4 Å². The quantitative estimate of drug-likeness (QED) is 0.440. The van der Waals surface area contributed by atoms with E-state index in [4.69, 9.17) is 9.47 Å². The van der Waals surface area contributed by atoms with Gasteiger partial charge in [0.15, 0.2) is 5.41 Å². The van der Waals surface area contributed by atoms with Crippen LogP contribution in [0.15, 0.2) is 0 Å². The molecule has 0 saturated heterocycles. The third-order valence-corrected chi connectivity index (χ3v) is 4.45. The second kappa shape index (κ2) is 7.62. The molecule has 0 bridgehead atoms. The van der Waals surface area contributed by atoms with Gasteiger partial charge in [-0.2, -0.15) is 0 Å². The van der Waals surface area contributed by atoms with Crippen LogP contribution in [0.1, 0.15) is 45.4 Å². The van der Waals surface area contributed by atoms with Crippen molar-refractivity contribution in [2.24, 2.45) is 17.3 Å². The Morgan fingerprint density at radius 3 is 2.10 bits per heavy atom. The summed E-state index contributed by atoms with van der Waals surface area (Å²) in [6.07, 6.45) is 4.96. The maximum atomic E-state index is 12.1. The van der Waals surface area contributed by atoms with Crippen LogP contribution in [0.2, 0.25) is 0 Å². The van der Waals surface area contributed by atoms with Gasteiger partial charge in [0.25, 0.3) is 0 Å². The molecule has 1 fully saturated rings. The molecule has 0 heterocycles. The van der Waals surface area contributed by atoms with Crippen molar-refractivity contribution in [1.82, 2.24) is 0 Å². The van der Waals surface area contributed by atoms with Crippen molar-refractivity contribution >= 4 is 11.9 Å². The minimum absolute atomic E-state index is 0.00741. The second-order valence-corrected chi connectivity index (χ2v) is 5.67. The van der Waals surface area contributed by atoms with Crippen LogP contribution in [-0.2, 0) is 19.1 Å². The Bertz CT molecular complexity index is 323.